The number of rotatable bonds is 8. The molecule has 2 saturated carbocycles. The van der Waals surface area contributed by atoms with Crippen molar-refractivity contribution in [2.75, 3.05) is 5.32 Å². The minimum Gasteiger partial charge on any atom is -0.481 e. The van der Waals surface area contributed by atoms with E-state index in [1.165, 1.54) is 6.42 Å². The number of aromatic nitrogens is 2. The molecule has 7 heteroatoms. The zero-order valence-electron chi connectivity index (χ0n) is 20.2. The predicted molar refractivity (Wildman–Crippen MR) is 136 cm³/mol. The highest BCUT2D eigenvalue weighted by molar-refractivity contribution is 5.84. The van der Waals surface area contributed by atoms with Crippen LogP contribution >= 0.6 is 0 Å². The van der Waals surface area contributed by atoms with Gasteiger partial charge < -0.3 is 19.7 Å². The maximum absolute atomic E-state index is 12.6. The largest absolute Gasteiger partial charge is 0.481 e. The van der Waals surface area contributed by atoms with Crippen LogP contribution in [0.3, 0.4) is 0 Å². The van der Waals surface area contributed by atoms with Crippen molar-refractivity contribution >= 4 is 23.0 Å². The zero-order chi connectivity index (χ0) is 24.8. The SMILES string of the molecule is Cc1noc(C2(C3(C(=O)O)CC3)C=CC(c3ccccc3)=CC2)c1Nc1cccc(OC2CCC2)n1. The van der Waals surface area contributed by atoms with E-state index in [1.807, 2.05) is 55.5 Å². The van der Waals surface area contributed by atoms with Gasteiger partial charge in [0.1, 0.15) is 23.3 Å². The molecule has 2 fully saturated rings. The number of ether oxygens (including phenoxy) is 1. The number of aliphatic carboxylic acids is 1. The van der Waals surface area contributed by atoms with Crippen LogP contribution in [0.15, 0.2) is 71.3 Å². The summed E-state index contributed by atoms with van der Waals surface area (Å²) < 4.78 is 11.9. The minimum absolute atomic E-state index is 0.229. The Morgan fingerprint density at radius 3 is 2.58 bits per heavy atom. The van der Waals surface area contributed by atoms with Gasteiger partial charge in [0.2, 0.25) is 5.88 Å². The number of nitrogens with zero attached hydrogens (tertiary/aromatic N) is 2. The van der Waals surface area contributed by atoms with E-state index in [-0.39, 0.29) is 6.10 Å². The number of benzene rings is 1. The summed E-state index contributed by atoms with van der Waals surface area (Å²) in [5.74, 6) is 0.909. The van der Waals surface area contributed by atoms with Gasteiger partial charge >= 0.3 is 5.97 Å². The topological polar surface area (TPSA) is 97.5 Å². The fourth-order valence-electron chi connectivity index (χ4n) is 5.36. The van der Waals surface area contributed by atoms with Crippen LogP contribution in [-0.2, 0) is 10.2 Å². The van der Waals surface area contributed by atoms with Gasteiger partial charge in [-0.3, -0.25) is 4.79 Å². The van der Waals surface area contributed by atoms with Crippen molar-refractivity contribution in [2.24, 2.45) is 5.41 Å². The maximum atomic E-state index is 12.6. The highest BCUT2D eigenvalue weighted by atomic mass is 16.5. The molecule has 0 aliphatic heterocycles. The molecule has 0 spiro atoms. The molecule has 0 radical (unpaired) electrons. The van der Waals surface area contributed by atoms with E-state index in [2.05, 4.69) is 33.7 Å². The van der Waals surface area contributed by atoms with E-state index in [0.29, 0.717) is 48.1 Å². The molecular weight excluding hydrogens is 454 g/mol. The number of allylic oxidation sites excluding steroid dienone is 4. The molecular formula is C29H29N3O4. The Balaban J connectivity index is 1.36. The highest BCUT2D eigenvalue weighted by Gasteiger charge is 2.66. The smallest absolute Gasteiger partial charge is 0.311 e. The molecule has 0 saturated heterocycles. The van der Waals surface area contributed by atoms with Crippen molar-refractivity contribution in [1.29, 1.82) is 0 Å². The lowest BCUT2D eigenvalue weighted by atomic mass is 9.65. The molecule has 2 aromatic heterocycles. The van der Waals surface area contributed by atoms with Gasteiger partial charge in [-0.25, -0.2) is 0 Å². The summed E-state index contributed by atoms with van der Waals surface area (Å²) in [7, 11) is 0. The Bertz CT molecular complexity index is 1350. The average Bonchev–Trinajstić information content (AvgIpc) is 3.63. The van der Waals surface area contributed by atoms with Gasteiger partial charge in [-0.15, -0.1) is 0 Å². The predicted octanol–water partition coefficient (Wildman–Crippen LogP) is 6.20. The number of hydrogen-bond donors (Lipinski definition) is 2. The van der Waals surface area contributed by atoms with Crippen LogP contribution < -0.4 is 10.1 Å². The number of carboxylic acids is 1. The van der Waals surface area contributed by atoms with E-state index in [4.69, 9.17) is 9.26 Å². The normalized spacial score (nSPS) is 22.4. The van der Waals surface area contributed by atoms with Crippen LogP contribution in [0.1, 0.15) is 55.5 Å². The number of aryl methyl sites for hydroxylation is 1. The van der Waals surface area contributed by atoms with Gasteiger partial charge in [0, 0.05) is 6.07 Å². The Kier molecular flexibility index (Phi) is 5.43. The molecule has 7 nitrogen and oxygen atoms in total. The van der Waals surface area contributed by atoms with Gasteiger partial charge in [-0.05, 0) is 62.7 Å². The Morgan fingerprint density at radius 1 is 1.14 bits per heavy atom. The number of nitrogens with one attached hydrogen (secondary N) is 1. The van der Waals surface area contributed by atoms with Gasteiger partial charge in [0.05, 0.1) is 10.8 Å². The van der Waals surface area contributed by atoms with Crippen molar-refractivity contribution in [3.8, 4) is 5.88 Å². The van der Waals surface area contributed by atoms with Gasteiger partial charge in [-0.2, -0.15) is 4.98 Å². The third-order valence-corrected chi connectivity index (χ3v) is 7.90. The summed E-state index contributed by atoms with van der Waals surface area (Å²) in [5, 5.41) is 18.0. The van der Waals surface area contributed by atoms with Crippen molar-refractivity contribution < 1.29 is 19.2 Å². The molecule has 3 aromatic rings. The molecule has 1 atom stereocenters. The lowest BCUT2D eigenvalue weighted by Crippen LogP contribution is -2.41. The fraction of sp³-hybridized carbons (Fsp3) is 0.345. The second kappa shape index (κ2) is 8.66. The summed E-state index contributed by atoms with van der Waals surface area (Å²) in [6.45, 7) is 1.86. The molecule has 2 N–H and O–H groups in total. The Hall–Kier alpha value is -3.87. The number of anilines is 2. The first-order chi connectivity index (χ1) is 17.5. The molecule has 36 heavy (non-hydrogen) atoms. The van der Waals surface area contributed by atoms with Crippen LogP contribution in [0.2, 0.25) is 0 Å². The molecule has 6 rings (SSSR count). The van der Waals surface area contributed by atoms with Gasteiger partial charge in [0.25, 0.3) is 0 Å². The van der Waals surface area contributed by atoms with Gasteiger partial charge in [0.15, 0.2) is 5.76 Å². The van der Waals surface area contributed by atoms with Crippen LogP contribution in [0, 0.1) is 12.3 Å². The number of carboxylic acid groups (broad SMARTS) is 1. The van der Waals surface area contributed by atoms with E-state index in [9.17, 15) is 9.90 Å². The van der Waals surface area contributed by atoms with Crippen LogP contribution in [0.4, 0.5) is 11.5 Å². The number of carbonyl (C=O) groups is 1. The Morgan fingerprint density at radius 2 is 1.94 bits per heavy atom. The summed E-state index contributed by atoms with van der Waals surface area (Å²) >= 11 is 0. The van der Waals surface area contributed by atoms with Crippen LogP contribution in [0.5, 0.6) is 5.88 Å². The zero-order valence-corrected chi connectivity index (χ0v) is 20.2. The molecule has 0 amide bonds. The lowest BCUT2D eigenvalue weighted by Gasteiger charge is -2.36. The Labute approximate surface area is 209 Å². The van der Waals surface area contributed by atoms with Crippen molar-refractivity contribution in [3.63, 3.8) is 0 Å². The summed E-state index contributed by atoms with van der Waals surface area (Å²) in [6, 6.07) is 15.7. The summed E-state index contributed by atoms with van der Waals surface area (Å²) in [5.41, 5.74) is 1.69. The maximum Gasteiger partial charge on any atom is 0.311 e. The molecule has 3 aliphatic rings. The standard InChI is InChI=1S/C29H29N3O4/c1-19-25(31-23-11-6-12-24(30-23)35-22-9-5-10-22)26(36-32-19)28(29(17-18-29)27(33)34)15-13-21(14-16-28)20-7-3-2-4-8-20/h2-4,6-8,11-15,22H,5,9-10,16-18H2,1H3,(H,30,31)(H,33,34). The third kappa shape index (κ3) is 3.70. The number of pyridine rings is 1. The molecule has 184 valence electrons. The monoisotopic (exact) mass is 483 g/mol. The summed E-state index contributed by atoms with van der Waals surface area (Å²) in [4.78, 5) is 17.2. The highest BCUT2D eigenvalue weighted by Crippen LogP contribution is 2.64. The quantitative estimate of drug-likeness (QED) is 0.394. The molecule has 0 bridgehead atoms. The van der Waals surface area contributed by atoms with Gasteiger partial charge in [-0.1, -0.05) is 59.8 Å². The first-order valence-electron chi connectivity index (χ1n) is 12.6. The van der Waals surface area contributed by atoms with Crippen molar-refractivity contribution in [1.82, 2.24) is 10.1 Å². The van der Waals surface area contributed by atoms with Crippen molar-refractivity contribution in [3.05, 3.63) is 83.8 Å². The molecule has 1 unspecified atom stereocenters. The number of hydrogen-bond acceptors (Lipinski definition) is 6. The van der Waals surface area contributed by atoms with E-state index in [0.717, 1.165) is 24.0 Å². The lowest BCUT2D eigenvalue weighted by molar-refractivity contribution is -0.146. The average molecular weight is 484 g/mol. The van der Waals surface area contributed by atoms with Crippen LogP contribution in [0.25, 0.3) is 5.57 Å². The molecule has 2 heterocycles. The van der Waals surface area contributed by atoms with Crippen LogP contribution in [-0.4, -0.2) is 27.3 Å². The van der Waals surface area contributed by atoms with E-state index >= 15 is 0 Å². The molecule has 1 aromatic carbocycles. The first kappa shape index (κ1) is 22.6. The third-order valence-electron chi connectivity index (χ3n) is 7.90. The second-order valence-corrected chi connectivity index (χ2v) is 10.1. The fourth-order valence-corrected chi connectivity index (χ4v) is 5.36. The second-order valence-electron chi connectivity index (χ2n) is 10.1. The summed E-state index contributed by atoms with van der Waals surface area (Å²) in [6.07, 6.45) is 11.4. The minimum atomic E-state index is -0.937. The van der Waals surface area contributed by atoms with Crippen molar-refractivity contribution in [2.45, 2.75) is 57.0 Å². The van der Waals surface area contributed by atoms with E-state index < -0.39 is 16.8 Å². The van der Waals surface area contributed by atoms with E-state index in [1.54, 1.807) is 0 Å². The first-order valence-corrected chi connectivity index (χ1v) is 12.6. The molecule has 3 aliphatic carbocycles.